The van der Waals surface area contributed by atoms with E-state index in [2.05, 4.69) is 31.2 Å². The van der Waals surface area contributed by atoms with Crippen LogP contribution in [-0.4, -0.2) is 28.5 Å². The fourth-order valence-electron chi connectivity index (χ4n) is 2.58. The van der Waals surface area contributed by atoms with Gasteiger partial charge in [-0.3, -0.25) is 4.79 Å². The van der Waals surface area contributed by atoms with Crippen LogP contribution in [0.15, 0.2) is 35.1 Å². The van der Waals surface area contributed by atoms with Gasteiger partial charge in [-0.05, 0) is 44.0 Å². The highest BCUT2D eigenvalue weighted by Crippen LogP contribution is 2.27. The van der Waals surface area contributed by atoms with Gasteiger partial charge in [-0.15, -0.1) is 0 Å². The first-order valence-corrected chi connectivity index (χ1v) is 7.96. The number of nitrogens with zero attached hydrogens (tertiary/aromatic N) is 3. The average Bonchev–Trinajstić information content (AvgIpc) is 2.83. The van der Waals surface area contributed by atoms with Gasteiger partial charge in [0.15, 0.2) is 0 Å². The van der Waals surface area contributed by atoms with Crippen LogP contribution in [0.25, 0.3) is 0 Å². The zero-order valence-corrected chi connectivity index (χ0v) is 14.1. The maximum absolute atomic E-state index is 12.6. The number of anilines is 2. The number of hydrogen-bond donors (Lipinski definition) is 1. The van der Waals surface area contributed by atoms with Crippen LogP contribution in [-0.2, 0) is 4.79 Å². The van der Waals surface area contributed by atoms with Crippen LogP contribution in [0, 0.1) is 13.8 Å². The molecule has 1 saturated heterocycles. The molecule has 5 nitrogen and oxygen atoms in total. The Balaban J connectivity index is 1.75. The monoisotopic (exact) mass is 360 g/mol. The number of carbonyl (C=O) groups is 1. The third-order valence-corrected chi connectivity index (χ3v) is 4.67. The van der Waals surface area contributed by atoms with Crippen molar-refractivity contribution in [1.82, 2.24) is 9.97 Å². The standard InChI is InChI=1S/C16H17BrN4O/c1-10-7-12(3-4-13(10)17)21-6-5-14(16(21)22)20-15-8-11(2)18-9-19-15/h3-4,7-9,14H,5-6H2,1-2H3,(H,18,19,20). The number of aromatic nitrogens is 2. The van der Waals surface area contributed by atoms with E-state index in [1.165, 1.54) is 6.33 Å². The molecule has 0 aliphatic carbocycles. The van der Waals surface area contributed by atoms with Crippen molar-refractivity contribution in [2.75, 3.05) is 16.8 Å². The maximum atomic E-state index is 12.6. The van der Waals surface area contributed by atoms with Crippen molar-refractivity contribution < 1.29 is 4.79 Å². The molecule has 1 aromatic heterocycles. The summed E-state index contributed by atoms with van der Waals surface area (Å²) in [6, 6.07) is 7.58. The summed E-state index contributed by atoms with van der Waals surface area (Å²) in [5.41, 5.74) is 2.94. The highest BCUT2D eigenvalue weighted by Gasteiger charge is 2.32. The van der Waals surface area contributed by atoms with Crippen molar-refractivity contribution in [3.63, 3.8) is 0 Å². The molecule has 0 radical (unpaired) electrons. The summed E-state index contributed by atoms with van der Waals surface area (Å²) >= 11 is 3.49. The quantitative estimate of drug-likeness (QED) is 0.913. The Bertz CT molecular complexity index is 719. The van der Waals surface area contributed by atoms with E-state index in [4.69, 9.17) is 0 Å². The molecule has 0 saturated carbocycles. The number of hydrogen-bond acceptors (Lipinski definition) is 4. The van der Waals surface area contributed by atoms with E-state index in [0.717, 1.165) is 27.8 Å². The minimum Gasteiger partial charge on any atom is -0.358 e. The van der Waals surface area contributed by atoms with Gasteiger partial charge in [-0.2, -0.15) is 0 Å². The number of rotatable bonds is 3. The van der Waals surface area contributed by atoms with Crippen LogP contribution in [0.5, 0.6) is 0 Å². The molecule has 1 fully saturated rings. The second-order valence-electron chi connectivity index (χ2n) is 5.45. The van der Waals surface area contributed by atoms with Crippen LogP contribution in [0.3, 0.4) is 0 Å². The van der Waals surface area contributed by atoms with Crippen molar-refractivity contribution in [3.05, 3.63) is 46.3 Å². The van der Waals surface area contributed by atoms with Gasteiger partial charge in [0.05, 0.1) is 0 Å². The molecule has 6 heteroatoms. The summed E-state index contributed by atoms with van der Waals surface area (Å²) in [6.45, 7) is 4.63. The first-order chi connectivity index (χ1) is 10.5. The molecule has 1 aliphatic rings. The third-order valence-electron chi connectivity index (χ3n) is 3.78. The molecule has 2 aromatic rings. The van der Waals surface area contributed by atoms with E-state index < -0.39 is 0 Å². The second kappa shape index (κ2) is 6.04. The van der Waals surface area contributed by atoms with E-state index in [1.54, 1.807) is 0 Å². The molecule has 1 aromatic carbocycles. The van der Waals surface area contributed by atoms with Gasteiger partial charge in [0.25, 0.3) is 0 Å². The van der Waals surface area contributed by atoms with Crippen molar-refractivity contribution in [3.8, 4) is 0 Å². The summed E-state index contributed by atoms with van der Waals surface area (Å²) in [6.07, 6.45) is 2.27. The van der Waals surface area contributed by atoms with Gasteiger partial charge < -0.3 is 10.2 Å². The van der Waals surface area contributed by atoms with E-state index in [0.29, 0.717) is 12.4 Å². The Kier molecular flexibility index (Phi) is 4.11. The van der Waals surface area contributed by atoms with Crippen molar-refractivity contribution in [2.45, 2.75) is 26.3 Å². The Hall–Kier alpha value is -1.95. The van der Waals surface area contributed by atoms with Gasteiger partial charge in [0, 0.05) is 28.5 Å². The number of benzene rings is 1. The van der Waals surface area contributed by atoms with Gasteiger partial charge in [0.1, 0.15) is 18.2 Å². The lowest BCUT2D eigenvalue weighted by Gasteiger charge is -2.18. The average molecular weight is 361 g/mol. The number of nitrogens with one attached hydrogen (secondary N) is 1. The van der Waals surface area contributed by atoms with Gasteiger partial charge in [-0.25, -0.2) is 9.97 Å². The molecule has 1 unspecified atom stereocenters. The van der Waals surface area contributed by atoms with E-state index in [1.807, 2.05) is 43.0 Å². The van der Waals surface area contributed by atoms with E-state index >= 15 is 0 Å². The fraction of sp³-hybridized carbons (Fsp3) is 0.312. The van der Waals surface area contributed by atoms with Gasteiger partial charge in [-0.1, -0.05) is 15.9 Å². The van der Waals surface area contributed by atoms with Crippen LogP contribution in [0.4, 0.5) is 11.5 Å². The van der Waals surface area contributed by atoms with E-state index in [9.17, 15) is 4.79 Å². The fourth-order valence-corrected chi connectivity index (χ4v) is 2.83. The third kappa shape index (κ3) is 2.97. The first kappa shape index (κ1) is 15.0. The minimum atomic E-state index is -0.238. The highest BCUT2D eigenvalue weighted by atomic mass is 79.9. The minimum absolute atomic E-state index is 0.0815. The number of aryl methyl sites for hydroxylation is 2. The summed E-state index contributed by atoms with van der Waals surface area (Å²) in [4.78, 5) is 22.6. The molecule has 22 heavy (non-hydrogen) atoms. The number of halogens is 1. The lowest BCUT2D eigenvalue weighted by atomic mass is 10.2. The Morgan fingerprint density at radius 3 is 2.82 bits per heavy atom. The van der Waals surface area contributed by atoms with Crippen LogP contribution in [0.2, 0.25) is 0 Å². The molecule has 1 aliphatic heterocycles. The van der Waals surface area contributed by atoms with Crippen LogP contribution < -0.4 is 10.2 Å². The number of carbonyl (C=O) groups excluding carboxylic acids is 1. The maximum Gasteiger partial charge on any atom is 0.249 e. The first-order valence-electron chi connectivity index (χ1n) is 7.17. The summed E-state index contributed by atoms with van der Waals surface area (Å²) in [5.74, 6) is 0.776. The Labute approximate surface area is 137 Å². The normalized spacial score (nSPS) is 17.9. The predicted octanol–water partition coefficient (Wildman–Crippen LogP) is 3.07. The SMILES string of the molecule is Cc1cc(NC2CCN(c3ccc(Br)c(C)c3)C2=O)ncn1. The molecule has 1 N–H and O–H groups in total. The highest BCUT2D eigenvalue weighted by molar-refractivity contribution is 9.10. The molecule has 1 amide bonds. The molecular formula is C16H17BrN4O. The summed E-state index contributed by atoms with van der Waals surface area (Å²) in [7, 11) is 0. The Morgan fingerprint density at radius 2 is 2.09 bits per heavy atom. The molecule has 114 valence electrons. The Morgan fingerprint density at radius 1 is 1.27 bits per heavy atom. The van der Waals surface area contributed by atoms with Gasteiger partial charge in [0.2, 0.25) is 5.91 Å². The summed E-state index contributed by atoms with van der Waals surface area (Å²) in [5, 5.41) is 3.21. The topological polar surface area (TPSA) is 58.1 Å². The lowest BCUT2D eigenvalue weighted by molar-refractivity contribution is -0.117. The largest absolute Gasteiger partial charge is 0.358 e. The second-order valence-corrected chi connectivity index (χ2v) is 6.31. The molecule has 0 bridgehead atoms. The molecule has 0 spiro atoms. The molecule has 2 heterocycles. The molecular weight excluding hydrogens is 344 g/mol. The van der Waals surface area contributed by atoms with Crippen LogP contribution >= 0.6 is 15.9 Å². The van der Waals surface area contributed by atoms with Crippen molar-refractivity contribution in [1.29, 1.82) is 0 Å². The lowest BCUT2D eigenvalue weighted by Crippen LogP contribution is -2.33. The summed E-state index contributed by atoms with van der Waals surface area (Å²) < 4.78 is 1.05. The zero-order valence-electron chi connectivity index (χ0n) is 12.5. The van der Waals surface area contributed by atoms with Gasteiger partial charge >= 0.3 is 0 Å². The molecule has 1 atom stereocenters. The number of amides is 1. The van der Waals surface area contributed by atoms with E-state index in [-0.39, 0.29) is 11.9 Å². The predicted molar refractivity (Wildman–Crippen MR) is 90.0 cm³/mol. The molecule has 3 rings (SSSR count). The zero-order chi connectivity index (χ0) is 15.7. The van der Waals surface area contributed by atoms with Crippen LogP contribution in [0.1, 0.15) is 17.7 Å². The smallest absolute Gasteiger partial charge is 0.249 e. The van der Waals surface area contributed by atoms with Crippen molar-refractivity contribution in [2.24, 2.45) is 0 Å². The van der Waals surface area contributed by atoms with Crippen molar-refractivity contribution >= 4 is 33.3 Å².